The van der Waals surface area contributed by atoms with Gasteiger partial charge in [0.2, 0.25) is 0 Å². The van der Waals surface area contributed by atoms with E-state index in [0.29, 0.717) is 39.9 Å². The summed E-state index contributed by atoms with van der Waals surface area (Å²) in [5.74, 6) is -0.558. The number of hydrogen-bond acceptors (Lipinski definition) is 4. The van der Waals surface area contributed by atoms with Crippen molar-refractivity contribution in [2.24, 2.45) is 0 Å². The number of carbonyl (C=O) groups is 1. The van der Waals surface area contributed by atoms with Gasteiger partial charge in [-0.05, 0) is 61.4 Å². The standard InChI is InChI=1S/C23H16Cl2N4O3/c1-12-18(20(25)29(27-12)16-4-2-3-15(24)11-16)9-13-7-8-28-21(13)26-19-10-14(23(31)32)5-6-17(19)22(28)30/h2-6,9-11H,7-8H2,1H3,(H,31,32)/b13-9-. The predicted molar refractivity (Wildman–Crippen MR) is 124 cm³/mol. The molecule has 0 saturated heterocycles. The van der Waals surface area contributed by atoms with Gasteiger partial charge >= 0.3 is 5.97 Å². The van der Waals surface area contributed by atoms with E-state index in [1.54, 1.807) is 21.4 Å². The summed E-state index contributed by atoms with van der Waals surface area (Å²) in [5, 5.41) is 15.2. The molecule has 160 valence electrons. The van der Waals surface area contributed by atoms with Crippen LogP contribution in [-0.2, 0) is 6.54 Å². The Morgan fingerprint density at radius 1 is 1.19 bits per heavy atom. The van der Waals surface area contributed by atoms with Gasteiger partial charge in [0.05, 0.1) is 27.8 Å². The first-order valence-corrected chi connectivity index (χ1v) is 10.6. The minimum Gasteiger partial charge on any atom is -0.478 e. The number of hydrogen-bond donors (Lipinski definition) is 1. The van der Waals surface area contributed by atoms with Gasteiger partial charge in [-0.15, -0.1) is 0 Å². The van der Waals surface area contributed by atoms with E-state index in [-0.39, 0.29) is 11.1 Å². The second-order valence-corrected chi connectivity index (χ2v) is 8.32. The molecule has 0 saturated carbocycles. The molecule has 0 spiro atoms. The van der Waals surface area contributed by atoms with Crippen molar-refractivity contribution in [3.63, 3.8) is 0 Å². The van der Waals surface area contributed by atoms with Crippen LogP contribution in [0, 0.1) is 6.92 Å². The van der Waals surface area contributed by atoms with Gasteiger partial charge in [0.1, 0.15) is 11.0 Å². The van der Waals surface area contributed by atoms with Crippen LogP contribution in [0.2, 0.25) is 10.2 Å². The predicted octanol–water partition coefficient (Wildman–Crippen LogP) is 4.84. The Bertz CT molecular complexity index is 1520. The number of carboxylic acids is 1. The lowest BCUT2D eigenvalue weighted by Gasteiger charge is -2.06. The number of rotatable bonds is 3. The smallest absolute Gasteiger partial charge is 0.335 e. The Morgan fingerprint density at radius 3 is 2.75 bits per heavy atom. The Balaban J connectivity index is 1.64. The molecule has 1 aliphatic heterocycles. The van der Waals surface area contributed by atoms with Gasteiger partial charge in [-0.2, -0.15) is 5.10 Å². The molecular formula is C23H16Cl2N4O3. The van der Waals surface area contributed by atoms with Crippen molar-refractivity contribution < 1.29 is 9.90 Å². The largest absolute Gasteiger partial charge is 0.478 e. The summed E-state index contributed by atoms with van der Waals surface area (Å²) in [6.45, 7) is 2.34. The Labute approximate surface area is 192 Å². The average molecular weight is 467 g/mol. The van der Waals surface area contributed by atoms with Gasteiger partial charge < -0.3 is 5.11 Å². The fourth-order valence-corrected chi connectivity index (χ4v) is 4.43. The number of aryl methyl sites for hydroxylation is 1. The van der Waals surface area contributed by atoms with Gasteiger partial charge in [-0.3, -0.25) is 9.36 Å². The van der Waals surface area contributed by atoms with Gasteiger partial charge in [0.25, 0.3) is 5.56 Å². The van der Waals surface area contributed by atoms with Gasteiger partial charge in [0.15, 0.2) is 0 Å². The third-order valence-electron chi connectivity index (χ3n) is 5.51. The van der Waals surface area contributed by atoms with Crippen LogP contribution in [0.5, 0.6) is 0 Å². The van der Waals surface area contributed by atoms with Crippen molar-refractivity contribution >= 4 is 51.7 Å². The molecule has 1 N–H and O–H groups in total. The molecule has 0 unspecified atom stereocenters. The Hall–Kier alpha value is -3.42. The average Bonchev–Trinajstić information content (AvgIpc) is 3.29. The molecule has 0 atom stereocenters. The van der Waals surface area contributed by atoms with E-state index < -0.39 is 5.97 Å². The molecule has 4 aromatic rings. The molecule has 0 bridgehead atoms. The first-order chi connectivity index (χ1) is 15.3. The fourth-order valence-electron chi connectivity index (χ4n) is 3.92. The summed E-state index contributed by atoms with van der Waals surface area (Å²) < 4.78 is 3.23. The minimum absolute atomic E-state index is 0.0829. The molecule has 5 rings (SSSR count). The molecular weight excluding hydrogens is 451 g/mol. The van der Waals surface area contributed by atoms with Crippen LogP contribution < -0.4 is 5.56 Å². The second-order valence-electron chi connectivity index (χ2n) is 7.53. The van der Waals surface area contributed by atoms with E-state index >= 15 is 0 Å². The number of aromatic nitrogens is 4. The summed E-state index contributed by atoms with van der Waals surface area (Å²) in [7, 11) is 0. The summed E-state index contributed by atoms with van der Waals surface area (Å²) in [6.07, 6.45) is 2.49. The zero-order valence-electron chi connectivity index (χ0n) is 16.8. The zero-order valence-corrected chi connectivity index (χ0v) is 18.4. The van der Waals surface area contributed by atoms with Crippen LogP contribution in [0.15, 0.2) is 47.3 Å². The van der Waals surface area contributed by atoms with Gasteiger partial charge in [-0.25, -0.2) is 14.5 Å². The quantitative estimate of drug-likeness (QED) is 0.466. The van der Waals surface area contributed by atoms with Crippen LogP contribution in [0.25, 0.3) is 28.2 Å². The molecule has 1 aliphatic rings. The van der Waals surface area contributed by atoms with Crippen molar-refractivity contribution in [2.45, 2.75) is 19.9 Å². The molecule has 0 amide bonds. The number of aromatic carboxylic acids is 1. The summed E-state index contributed by atoms with van der Waals surface area (Å²) in [5.41, 5.74) is 3.26. The first-order valence-electron chi connectivity index (χ1n) is 9.83. The van der Waals surface area contributed by atoms with Crippen LogP contribution in [-0.4, -0.2) is 30.4 Å². The second kappa shape index (κ2) is 7.62. The molecule has 2 aromatic carbocycles. The third kappa shape index (κ3) is 3.30. The first kappa shape index (κ1) is 20.5. The highest BCUT2D eigenvalue weighted by Gasteiger charge is 2.23. The van der Waals surface area contributed by atoms with Crippen LogP contribution in [0.4, 0.5) is 0 Å². The van der Waals surface area contributed by atoms with Crippen molar-refractivity contribution in [1.29, 1.82) is 0 Å². The number of fused-ring (bicyclic) bond motifs is 2. The van der Waals surface area contributed by atoms with Gasteiger partial charge in [-0.1, -0.05) is 29.3 Å². The lowest BCUT2D eigenvalue weighted by atomic mass is 10.1. The fraction of sp³-hybridized carbons (Fsp3) is 0.130. The number of nitrogens with zero attached hydrogens (tertiary/aromatic N) is 4. The maximum Gasteiger partial charge on any atom is 0.335 e. The maximum atomic E-state index is 12.9. The van der Waals surface area contributed by atoms with E-state index in [1.807, 2.05) is 25.1 Å². The van der Waals surface area contributed by atoms with Crippen molar-refractivity contribution in [1.82, 2.24) is 19.3 Å². The third-order valence-corrected chi connectivity index (χ3v) is 6.11. The van der Waals surface area contributed by atoms with E-state index in [4.69, 9.17) is 23.2 Å². The Kier molecular flexibility index (Phi) is 4.87. The zero-order chi connectivity index (χ0) is 22.6. The molecule has 9 heteroatoms. The summed E-state index contributed by atoms with van der Waals surface area (Å²) >= 11 is 12.8. The van der Waals surface area contributed by atoms with Crippen LogP contribution in [0.3, 0.4) is 0 Å². The van der Waals surface area contributed by atoms with E-state index in [0.717, 1.165) is 22.5 Å². The van der Waals surface area contributed by atoms with E-state index in [2.05, 4.69) is 10.1 Å². The number of halogens is 2. The van der Waals surface area contributed by atoms with Gasteiger partial charge in [0, 0.05) is 17.1 Å². The highest BCUT2D eigenvalue weighted by molar-refractivity contribution is 6.32. The summed E-state index contributed by atoms with van der Waals surface area (Å²) in [4.78, 5) is 28.9. The highest BCUT2D eigenvalue weighted by Crippen LogP contribution is 2.32. The molecule has 7 nitrogen and oxygen atoms in total. The molecule has 3 heterocycles. The lowest BCUT2D eigenvalue weighted by Crippen LogP contribution is -2.21. The number of carboxylic acid groups (broad SMARTS) is 1. The SMILES string of the molecule is Cc1nn(-c2cccc(Cl)c2)c(Cl)c1/C=C1/CCn2c1nc1cc(C(=O)O)ccc1c2=O. The Morgan fingerprint density at radius 2 is 2.00 bits per heavy atom. The normalized spacial score (nSPS) is 14.3. The van der Waals surface area contributed by atoms with Crippen molar-refractivity contribution in [2.75, 3.05) is 0 Å². The molecule has 32 heavy (non-hydrogen) atoms. The minimum atomic E-state index is -1.07. The topological polar surface area (TPSA) is 90.0 Å². The van der Waals surface area contributed by atoms with Crippen molar-refractivity contribution in [3.8, 4) is 5.69 Å². The number of allylic oxidation sites excluding steroid dienone is 1. The van der Waals surface area contributed by atoms with Crippen LogP contribution in [0.1, 0.15) is 33.9 Å². The summed E-state index contributed by atoms with van der Waals surface area (Å²) in [6, 6.07) is 11.6. The van der Waals surface area contributed by atoms with Crippen LogP contribution >= 0.6 is 23.2 Å². The van der Waals surface area contributed by atoms with Crippen molar-refractivity contribution in [3.05, 3.63) is 85.6 Å². The lowest BCUT2D eigenvalue weighted by molar-refractivity contribution is 0.0697. The highest BCUT2D eigenvalue weighted by atomic mass is 35.5. The van der Waals surface area contributed by atoms with E-state index in [1.165, 1.54) is 18.2 Å². The maximum absolute atomic E-state index is 12.9. The molecule has 0 aliphatic carbocycles. The number of benzene rings is 2. The molecule has 2 aromatic heterocycles. The molecule has 0 fully saturated rings. The van der Waals surface area contributed by atoms with E-state index in [9.17, 15) is 14.7 Å². The monoisotopic (exact) mass is 466 g/mol. The molecule has 0 radical (unpaired) electrons.